The Kier molecular flexibility index (Phi) is 20.1. The van der Waals surface area contributed by atoms with E-state index < -0.39 is 0 Å². The Morgan fingerprint density at radius 1 is 0.238 bits per heavy atom. The molecule has 0 fully saturated rings. The van der Waals surface area contributed by atoms with E-state index in [0.717, 1.165) is 200 Å². The lowest BCUT2D eigenvalue weighted by molar-refractivity contribution is 0.764. The quantitative estimate of drug-likeness (QED) is 0.0560. The van der Waals surface area contributed by atoms with E-state index in [1.54, 1.807) is 0 Å². The second-order valence-corrected chi connectivity index (χ2v) is 38.5. The number of hydrogen-bond acceptors (Lipinski definition) is 18. The first-order valence-corrected chi connectivity index (χ1v) is 45.1. The highest BCUT2D eigenvalue weighted by Crippen LogP contribution is 2.66. The fourth-order valence-electron chi connectivity index (χ4n) is 13.0. The summed E-state index contributed by atoms with van der Waals surface area (Å²) in [5.41, 5.74) is 19.3. The number of nitrogens with zero attached hydrogens (tertiary/aromatic N) is 6. The van der Waals surface area contributed by atoms with Gasteiger partial charge in [0.2, 0.25) is 0 Å². The zero-order valence-electron chi connectivity index (χ0n) is 49.6. The number of nitrogens with one attached hydrogen (secondary N) is 2. The van der Waals surface area contributed by atoms with Gasteiger partial charge < -0.3 is 9.97 Å². The van der Waals surface area contributed by atoms with Crippen molar-refractivity contribution < 1.29 is 0 Å². The molecule has 4 aromatic carbocycles. The Bertz CT molecular complexity index is 3430. The van der Waals surface area contributed by atoms with E-state index in [-0.39, 0.29) is 0 Å². The van der Waals surface area contributed by atoms with Crippen LogP contribution >= 0.6 is 126 Å². The first kappa shape index (κ1) is 61.3. The van der Waals surface area contributed by atoms with Gasteiger partial charge in [0.05, 0.1) is 0 Å². The lowest BCUT2D eigenvalue weighted by Gasteiger charge is -2.18. The predicted molar refractivity (Wildman–Crippen MR) is 382 cm³/mol. The lowest BCUT2D eigenvalue weighted by Crippen LogP contribution is -2.02. The number of rotatable bonds is 24. The molecule has 13 rings (SSSR count). The van der Waals surface area contributed by atoms with Gasteiger partial charge in [0.1, 0.15) is 22.6 Å². The van der Waals surface area contributed by atoms with Crippen LogP contribution in [0.5, 0.6) is 0 Å². The molecule has 0 saturated heterocycles. The van der Waals surface area contributed by atoms with E-state index >= 15 is 0 Å². The Hall–Kier alpha value is -1.56. The average Bonchev–Trinajstić information content (AvgIpc) is 1.67. The third kappa shape index (κ3) is 11.0. The van der Waals surface area contributed by atoms with Crippen LogP contribution in [0.1, 0.15) is 203 Å². The summed E-state index contributed by atoms with van der Waals surface area (Å²) in [5, 5.41) is 4.86. The van der Waals surface area contributed by atoms with E-state index in [4.69, 9.17) is 29.9 Å². The minimum Gasteiger partial charge on any atom is -0.324 e. The Labute approximate surface area is 542 Å². The monoisotopic (exact) mass is 1340 g/mol. The summed E-state index contributed by atoms with van der Waals surface area (Å²) >= 11 is 0. The van der Waals surface area contributed by atoms with Crippen LogP contribution in [0, 0.1) is 0 Å². The molecule has 0 saturated carbocycles. The van der Waals surface area contributed by atoms with E-state index in [9.17, 15) is 0 Å². The summed E-state index contributed by atoms with van der Waals surface area (Å²) in [6.45, 7) is 18.6. The molecule has 0 unspecified atom stereocenters. The van der Waals surface area contributed by atoms with Crippen molar-refractivity contribution in [2.75, 3.05) is 0 Å². The number of aryl methyl sites for hydroxylation is 4. The molecule has 0 amide bonds. The highest BCUT2D eigenvalue weighted by molar-refractivity contribution is 9.11. The Morgan fingerprint density at radius 2 is 0.417 bits per heavy atom. The number of hydrogen-bond donors (Lipinski definition) is 2. The zero-order valence-corrected chi connectivity index (χ0v) is 59.4. The van der Waals surface area contributed by atoms with Crippen molar-refractivity contribution in [1.29, 1.82) is 0 Å². The van der Waals surface area contributed by atoms with Gasteiger partial charge in [-0.05, 0) is 273 Å². The largest absolute Gasteiger partial charge is 0.324 e. The zero-order chi connectivity index (χ0) is 57.6. The molecule has 0 aliphatic carbocycles. The molecule has 8 bridgehead atoms. The standard InChI is InChI=1S/C64H74N8S12/c1-9-17-25-33-41-42(34(26-18-10-2)50-49(33)73-81-74-50)58-65-57(41)69-59-43-35(27-19-11-3)51-52(76-82-75-51)36(28-20-12-4)44(43)61(66-59)71-63-47-39(31-23-15-7)55-56(80-84-79-55)40(32-24-16-8)48(47)64(68-63)72-62-46-38(30-22-14-6)54-53(77-83-78-54)37(29-21-13-5)45(46)60(67-62)70-58/h9-32H2,1-8H3,(H2,65,66,67,68,69,70,71,72). The number of unbranched alkanes of at least 4 members (excludes halogenated alkanes) is 8. The van der Waals surface area contributed by atoms with E-state index in [1.165, 1.54) is 127 Å². The lowest BCUT2D eigenvalue weighted by atomic mass is 9.91. The highest BCUT2D eigenvalue weighted by Gasteiger charge is 2.38. The van der Waals surface area contributed by atoms with E-state index in [0.29, 0.717) is 0 Å². The average molecular weight is 1340 g/mol. The van der Waals surface area contributed by atoms with Crippen LogP contribution in [0.2, 0.25) is 0 Å². The van der Waals surface area contributed by atoms with Gasteiger partial charge in [-0.3, -0.25) is 0 Å². The highest BCUT2D eigenvalue weighted by atomic mass is 33.5. The summed E-state index contributed by atoms with van der Waals surface area (Å²) in [7, 11) is 23.3. The van der Waals surface area contributed by atoms with Gasteiger partial charge in [0, 0.05) is 83.0 Å². The van der Waals surface area contributed by atoms with Gasteiger partial charge >= 0.3 is 0 Å². The predicted octanol–water partition coefficient (Wildman–Crippen LogP) is 24.7. The molecule has 0 atom stereocenters. The number of aromatic nitrogens is 8. The van der Waals surface area contributed by atoms with Crippen molar-refractivity contribution in [1.82, 2.24) is 39.9 Å². The van der Waals surface area contributed by atoms with E-state index in [1.807, 2.05) is 126 Å². The van der Waals surface area contributed by atoms with Crippen LogP contribution in [0.3, 0.4) is 0 Å². The molecule has 9 heterocycles. The fraction of sp³-hybridized carbons (Fsp3) is 0.500. The maximum atomic E-state index is 6.09. The third-order valence-corrected chi connectivity index (χ3v) is 33.8. The number of benzene rings is 4. The van der Waals surface area contributed by atoms with Crippen LogP contribution in [-0.4, -0.2) is 39.9 Å². The van der Waals surface area contributed by atoms with Crippen molar-refractivity contribution in [2.24, 2.45) is 0 Å². The Morgan fingerprint density at radius 3 is 0.607 bits per heavy atom. The van der Waals surface area contributed by atoms with Gasteiger partial charge in [0.25, 0.3) is 0 Å². The normalized spacial score (nSPS) is 14.8. The molecule has 0 spiro atoms. The topological polar surface area (TPSA) is 109 Å². The van der Waals surface area contributed by atoms with Crippen molar-refractivity contribution in [3.05, 3.63) is 44.5 Å². The second-order valence-electron chi connectivity index (χ2n) is 22.8. The van der Waals surface area contributed by atoms with Gasteiger partial charge in [-0.2, -0.15) is 0 Å². The molecular formula is C64H74N8S12. The molecule has 84 heavy (non-hydrogen) atoms. The minimum absolute atomic E-state index is 0.775. The molecule has 6 aliphatic heterocycles. The molecule has 20 heteroatoms. The van der Waals surface area contributed by atoms with E-state index in [2.05, 4.69) is 65.4 Å². The smallest absolute Gasteiger partial charge is 0.165 e. The summed E-state index contributed by atoms with van der Waals surface area (Å²) in [6, 6.07) is 0. The molecular weight excluding hydrogens is 1270 g/mol. The first-order chi connectivity index (χ1) is 41.4. The number of aromatic amines is 2. The molecule has 8 nitrogen and oxygen atoms in total. The molecule has 6 aliphatic rings. The molecule has 0 radical (unpaired) electrons. The first-order valence-electron chi connectivity index (χ1n) is 31.1. The molecule has 442 valence electrons. The second kappa shape index (κ2) is 27.5. The minimum atomic E-state index is 0.775. The van der Waals surface area contributed by atoms with Crippen LogP contribution in [0.15, 0.2) is 39.2 Å². The molecule has 3 aromatic heterocycles. The van der Waals surface area contributed by atoms with Gasteiger partial charge in [-0.1, -0.05) is 107 Å². The van der Waals surface area contributed by atoms with Crippen LogP contribution in [-0.2, 0) is 51.4 Å². The van der Waals surface area contributed by atoms with Crippen molar-refractivity contribution in [3.8, 4) is 45.6 Å². The summed E-state index contributed by atoms with van der Waals surface area (Å²) in [5.74, 6) is 3.10. The Balaban J connectivity index is 1.29. The van der Waals surface area contributed by atoms with Crippen molar-refractivity contribution in [2.45, 2.75) is 249 Å². The maximum absolute atomic E-state index is 6.09. The summed E-state index contributed by atoms with van der Waals surface area (Å²) in [4.78, 5) is 55.8. The van der Waals surface area contributed by atoms with Gasteiger partial charge in [0.15, 0.2) is 23.3 Å². The van der Waals surface area contributed by atoms with Crippen molar-refractivity contribution >= 4 is 170 Å². The van der Waals surface area contributed by atoms with Gasteiger partial charge in [-0.15, -0.1) is 0 Å². The number of fused-ring (bicyclic) bond motifs is 24. The SMILES string of the molecule is CCCCc1c2c(c(CCCC)c3c1-c1nc-3nc3[nH]c(nc4nc(nc5[nH]c(n1)c1c(CCCC)c6c(c(CCCC)c51)SSS6)-c1c(CCCC)c5c(c(CCCC)c1-4)SSS5)c1c(CCCC)c4c(c(CCCC)c31)SSS4)SSS2. The summed E-state index contributed by atoms with van der Waals surface area (Å²) < 4.78 is 0. The number of H-pyrrole nitrogens is 2. The summed E-state index contributed by atoms with van der Waals surface area (Å²) in [6.07, 6.45) is 25.3. The maximum Gasteiger partial charge on any atom is 0.165 e. The van der Waals surface area contributed by atoms with Crippen LogP contribution < -0.4 is 0 Å². The fourth-order valence-corrected chi connectivity index (χ4v) is 32.6. The molecule has 2 N–H and O–H groups in total. The van der Waals surface area contributed by atoms with Crippen LogP contribution in [0.25, 0.3) is 89.7 Å². The van der Waals surface area contributed by atoms with Crippen LogP contribution in [0.4, 0.5) is 0 Å². The molecule has 7 aromatic rings. The van der Waals surface area contributed by atoms with Gasteiger partial charge in [-0.25, -0.2) is 29.9 Å². The third-order valence-electron chi connectivity index (χ3n) is 17.2. The van der Waals surface area contributed by atoms with Crippen molar-refractivity contribution in [3.63, 3.8) is 0 Å².